The molecule has 0 amide bonds. The van der Waals surface area contributed by atoms with E-state index < -0.39 is 180 Å². The molecule has 0 fully saturated rings. The molecule has 2 aliphatic rings. The van der Waals surface area contributed by atoms with E-state index in [9.17, 15) is 97.0 Å². The fraction of sp³-hybridized carbons (Fsp3) is 0. The van der Waals surface area contributed by atoms with E-state index in [1.165, 1.54) is 84.9 Å². The molecule has 0 atom stereocenters. The van der Waals surface area contributed by atoms with E-state index in [2.05, 4.69) is 61.8 Å². The van der Waals surface area contributed by atoms with Gasteiger partial charge in [-0.3, -0.25) is 19.2 Å². The van der Waals surface area contributed by atoms with Crippen molar-refractivity contribution in [3.63, 3.8) is 0 Å². The van der Waals surface area contributed by atoms with Gasteiger partial charge in [0.1, 0.15) is 60.7 Å². The zero-order chi connectivity index (χ0) is 74.1. The lowest BCUT2D eigenvalue weighted by Gasteiger charge is -2.25. The fourth-order valence-electron chi connectivity index (χ4n) is 10.2. The number of benzene rings is 8. The first-order valence-electron chi connectivity index (χ1n) is 27.6. The Morgan fingerprint density at radius 3 is 0.971 bits per heavy atom. The minimum absolute atomic E-state index is 0.0464. The molecule has 0 spiro atoms. The lowest BCUT2D eigenvalue weighted by Crippen LogP contribution is -2.25. The van der Waals surface area contributed by atoms with Crippen molar-refractivity contribution >= 4 is 188 Å². The predicted molar refractivity (Wildman–Crippen MR) is 351 cm³/mol. The molecule has 0 aliphatic heterocycles. The monoisotopic (exact) mass is 1540 g/mol. The Labute approximate surface area is 584 Å². The Hall–Kier alpha value is -11.1. The van der Waals surface area contributed by atoms with Crippen LogP contribution in [0.5, 0.6) is 0 Å². The van der Waals surface area contributed by atoms with Crippen LogP contribution in [0.4, 0.5) is 80.7 Å². The third-order valence-electron chi connectivity index (χ3n) is 14.5. The summed E-state index contributed by atoms with van der Waals surface area (Å²) in [6.45, 7) is 0. The first-order chi connectivity index (χ1) is 47.6. The van der Waals surface area contributed by atoms with Crippen LogP contribution in [0.2, 0.25) is 10.6 Å². The molecule has 36 nitrogen and oxygen atoms in total. The van der Waals surface area contributed by atoms with E-state index >= 15 is 0 Å². The van der Waals surface area contributed by atoms with E-state index in [4.69, 9.17) is 34.7 Å². The number of nitrogens with two attached hydrogens (primary N) is 2. The highest BCUT2D eigenvalue weighted by Crippen LogP contribution is 2.43. The minimum atomic E-state index is -5.32. The fourth-order valence-corrected chi connectivity index (χ4v) is 14.1. The maximum Gasteiger partial charge on any atom is 0.233 e. The van der Waals surface area contributed by atoms with Gasteiger partial charge in [-0.15, -0.1) is 0 Å². The van der Waals surface area contributed by atoms with Crippen LogP contribution in [0, 0.1) is 0 Å². The summed E-state index contributed by atoms with van der Waals surface area (Å²) in [5.41, 5.74) is 6.42. The molecule has 2 aliphatic carbocycles. The van der Waals surface area contributed by atoms with Gasteiger partial charge >= 0.3 is 0 Å². The van der Waals surface area contributed by atoms with Gasteiger partial charge in [0.05, 0.1) is 85.8 Å². The molecule has 0 unspecified atom stereocenters. The van der Waals surface area contributed by atoms with Crippen molar-refractivity contribution < 1.29 is 97.0 Å². The number of halogens is 2. The SMILES string of the molecule is Nc1c(S(=O)(=O)[O-])cc(Nc2ccc(Nc3nc(Cl)nc(Nc4ccc(S(=O)(=O)[O-])cc4)n3)c(S(=O)(=O)[O-])c2)c2c1C(=O)c1ccccc1C2=O.Nc1c(S(=O)(=O)[O-])cc(Nc2ccc(Nc3nc(Cl)nc(Nc4cccc(S(=O)(=O)[O-])c4)n3)c(S(=O)(=O)[O-])c2)c2c1C(=O)c1ccccc1C2=O. The van der Waals surface area contributed by atoms with Crippen LogP contribution in [-0.4, -0.2) is 131 Å². The summed E-state index contributed by atoms with van der Waals surface area (Å²) < 4.78 is 215. The molecule has 0 radical (unpaired) electrons. The van der Waals surface area contributed by atoms with Crippen LogP contribution in [-0.2, 0) is 60.7 Å². The summed E-state index contributed by atoms with van der Waals surface area (Å²) in [6.07, 6.45) is 0. The quantitative estimate of drug-likeness (QED) is 0.0380. The third-order valence-corrected chi connectivity index (χ3v) is 20.0. The topological polar surface area (TPSA) is 613 Å². The molecule has 10 N–H and O–H groups in total. The molecule has 10 aromatic rings. The van der Waals surface area contributed by atoms with Gasteiger partial charge in [-0.25, -0.2) is 50.5 Å². The highest BCUT2D eigenvalue weighted by Gasteiger charge is 2.38. The zero-order valence-electron chi connectivity index (χ0n) is 49.9. The summed E-state index contributed by atoms with van der Waals surface area (Å²) in [5, 5.41) is 14.7. The molecule has 524 valence electrons. The number of aromatic nitrogens is 6. The van der Waals surface area contributed by atoms with Crippen molar-refractivity contribution in [1.29, 1.82) is 0 Å². The van der Waals surface area contributed by atoms with Gasteiger partial charge in [0.25, 0.3) is 0 Å². The van der Waals surface area contributed by atoms with Gasteiger partial charge in [-0.1, -0.05) is 54.6 Å². The number of nitrogen functional groups attached to an aromatic ring is 2. The molecule has 0 saturated heterocycles. The highest BCUT2D eigenvalue weighted by atomic mass is 35.5. The van der Waals surface area contributed by atoms with Crippen LogP contribution in [0.3, 0.4) is 0 Å². The number of nitrogens with one attached hydrogen (secondary N) is 6. The normalized spacial score (nSPS) is 12.9. The van der Waals surface area contributed by atoms with Crippen LogP contribution in [0.15, 0.2) is 175 Å². The number of hydrogen-bond donors (Lipinski definition) is 8. The highest BCUT2D eigenvalue weighted by molar-refractivity contribution is 7.87. The predicted octanol–water partition coefficient (Wildman–Crippen LogP) is 5.65. The van der Waals surface area contributed by atoms with Crippen LogP contribution in [0.25, 0.3) is 0 Å². The lowest BCUT2D eigenvalue weighted by atomic mass is 9.82. The number of fused-ring (bicyclic) bond motifs is 4. The Morgan fingerprint density at radius 2 is 0.618 bits per heavy atom. The van der Waals surface area contributed by atoms with Crippen molar-refractivity contribution in [3.8, 4) is 0 Å². The average Bonchev–Trinajstić information content (AvgIpc) is 0.734. The second-order valence-electron chi connectivity index (χ2n) is 21.0. The molecular formula is C58H34Cl2N14O22S6-6. The van der Waals surface area contributed by atoms with Crippen molar-refractivity contribution in [2.75, 3.05) is 43.4 Å². The van der Waals surface area contributed by atoms with Gasteiger partial charge in [0.15, 0.2) is 23.1 Å². The molecule has 44 heteroatoms. The van der Waals surface area contributed by atoms with E-state index in [1.54, 1.807) is 0 Å². The van der Waals surface area contributed by atoms with Crippen molar-refractivity contribution in [2.24, 2.45) is 0 Å². The number of anilines is 14. The smallest absolute Gasteiger partial charge is 0.233 e. The number of hydrogen-bond acceptors (Lipinski definition) is 36. The molecule has 0 bridgehead atoms. The van der Waals surface area contributed by atoms with Crippen LogP contribution < -0.4 is 43.4 Å². The Bertz CT molecular complexity index is 6070. The number of carbonyl (C=O) groups excluding carboxylic acids is 4. The van der Waals surface area contributed by atoms with Gasteiger partial charge in [-0.05, 0) is 114 Å². The van der Waals surface area contributed by atoms with E-state index in [-0.39, 0.29) is 68.5 Å². The van der Waals surface area contributed by atoms with E-state index in [0.717, 1.165) is 60.7 Å². The maximum atomic E-state index is 13.6. The summed E-state index contributed by atoms with van der Waals surface area (Å²) in [7, 11) is -30.8. The molecular weight excluding hydrogens is 1510 g/mol. The second-order valence-corrected chi connectivity index (χ2v) is 29.9. The second kappa shape index (κ2) is 26.8. The lowest BCUT2D eigenvalue weighted by molar-refractivity contribution is 0.0980. The molecule has 102 heavy (non-hydrogen) atoms. The summed E-state index contributed by atoms with van der Waals surface area (Å²) >= 11 is 12.0. The maximum absolute atomic E-state index is 13.6. The average molecular weight is 1540 g/mol. The van der Waals surface area contributed by atoms with Gasteiger partial charge in [0, 0.05) is 45.0 Å². The zero-order valence-corrected chi connectivity index (χ0v) is 56.3. The molecule has 0 saturated carbocycles. The Kier molecular flexibility index (Phi) is 18.9. The summed E-state index contributed by atoms with van der Waals surface area (Å²) in [6, 6.07) is 28.1. The van der Waals surface area contributed by atoms with Crippen molar-refractivity contribution in [3.05, 3.63) is 201 Å². The third kappa shape index (κ3) is 15.2. The first kappa shape index (κ1) is 72.2. The number of rotatable bonds is 18. The van der Waals surface area contributed by atoms with Gasteiger partial charge in [0.2, 0.25) is 34.4 Å². The first-order valence-corrected chi connectivity index (χ1v) is 36.8. The standard InChI is InChI=1S/2C29H20ClN7O11S3/c30-27-35-28(33-13-4-3-5-15(10-13)49(40,41)42)37-29(36-27)34-18-9-8-14(11-20(18)50(43,44)45)32-19-12-21(51(46,47)48)24(31)23-22(19)25(38)16-6-1-2-7-17(16)26(23)39;30-27-35-28(33-13-5-8-15(9-6-13)49(40,41)42)37-29(36-27)34-18-10-7-14(11-20(18)50(43,44)45)32-19-12-21(51(46,47)48)24(31)23-22(19)25(38)16-3-1-2-4-17(16)26(23)39/h2*1-12,32H,31H2,(H,40,41,42)(H,43,44,45)(H,46,47,48)(H2,33,34,35,36,37)/p-6. The Morgan fingerprint density at radius 1 is 0.294 bits per heavy atom. The summed E-state index contributed by atoms with van der Waals surface area (Å²) in [4.78, 5) is 72.5. The Balaban J connectivity index is 0.000000205. The largest absolute Gasteiger partial charge is 0.744 e. The van der Waals surface area contributed by atoms with Gasteiger partial charge < -0.3 is 70.7 Å². The van der Waals surface area contributed by atoms with Crippen LogP contribution >= 0.6 is 23.2 Å². The van der Waals surface area contributed by atoms with E-state index in [0.29, 0.717) is 0 Å². The minimum Gasteiger partial charge on any atom is -0.744 e. The van der Waals surface area contributed by atoms with Crippen molar-refractivity contribution in [1.82, 2.24) is 29.9 Å². The van der Waals surface area contributed by atoms with Crippen LogP contribution in [0.1, 0.15) is 63.7 Å². The molecule has 2 heterocycles. The van der Waals surface area contributed by atoms with Gasteiger partial charge in [-0.2, -0.15) is 29.9 Å². The van der Waals surface area contributed by atoms with E-state index in [1.807, 2.05) is 0 Å². The number of carbonyl (C=O) groups is 4. The number of ketones is 4. The van der Waals surface area contributed by atoms with Crippen molar-refractivity contribution in [2.45, 2.75) is 29.4 Å². The molecule has 8 aromatic carbocycles. The molecule has 2 aromatic heterocycles. The molecule has 12 rings (SSSR count). The number of nitrogens with zero attached hydrogens (tertiary/aromatic N) is 6. The summed E-state index contributed by atoms with van der Waals surface area (Å²) in [5.74, 6) is -4.51.